The van der Waals surface area contributed by atoms with Crippen LogP contribution in [0.5, 0.6) is 11.8 Å². The lowest BCUT2D eigenvalue weighted by Gasteiger charge is -2.09. The molecule has 0 unspecified atom stereocenters. The molecule has 0 N–H and O–H groups in total. The first kappa shape index (κ1) is 20.7. The number of halogens is 2. The van der Waals surface area contributed by atoms with Gasteiger partial charge in [-0.05, 0) is 59.6 Å². The zero-order valence-corrected chi connectivity index (χ0v) is 17.3. The molecule has 4 aromatic rings. The molecule has 0 amide bonds. The molecule has 0 aliphatic carbocycles. The Labute approximate surface area is 187 Å². The van der Waals surface area contributed by atoms with Crippen LogP contribution >= 0.6 is 23.2 Å². The number of carbonyl (C=O) groups is 2. The average molecular weight is 450 g/mol. The van der Waals surface area contributed by atoms with Gasteiger partial charge in [0.05, 0.1) is 0 Å². The second-order valence-corrected chi connectivity index (χ2v) is 7.07. The van der Waals surface area contributed by atoms with Gasteiger partial charge in [-0.15, -0.1) is 0 Å². The van der Waals surface area contributed by atoms with Crippen LogP contribution in [0.2, 0.25) is 0 Å². The van der Waals surface area contributed by atoms with Crippen LogP contribution < -0.4 is 4.74 Å². The third-order valence-corrected chi connectivity index (χ3v) is 4.74. The average Bonchev–Trinajstić information content (AvgIpc) is 2.79. The summed E-state index contributed by atoms with van der Waals surface area (Å²) in [6, 6.07) is 22.3. The van der Waals surface area contributed by atoms with E-state index in [2.05, 4.69) is 15.0 Å². The van der Waals surface area contributed by atoms with E-state index < -0.39 is 10.5 Å². The number of ether oxygens (including phenoxy) is 1. The van der Waals surface area contributed by atoms with E-state index in [-0.39, 0.29) is 6.01 Å². The molecule has 0 saturated carbocycles. The number of rotatable bonds is 6. The number of para-hydroxylation sites is 1. The number of carbonyl (C=O) groups excluding carboxylic acids is 2. The van der Waals surface area contributed by atoms with Gasteiger partial charge in [-0.3, -0.25) is 9.59 Å². The fraction of sp³-hybridized carbons (Fsp3) is 0. The molecule has 0 spiro atoms. The Balaban J connectivity index is 1.78. The summed E-state index contributed by atoms with van der Waals surface area (Å²) in [5.74, 6) is 1.26. The van der Waals surface area contributed by atoms with E-state index in [1.165, 1.54) is 0 Å². The highest BCUT2D eigenvalue weighted by atomic mass is 35.5. The Kier molecular flexibility index (Phi) is 6.02. The Morgan fingerprint density at radius 3 is 1.48 bits per heavy atom. The quantitative estimate of drug-likeness (QED) is 0.348. The van der Waals surface area contributed by atoms with Gasteiger partial charge < -0.3 is 4.74 Å². The van der Waals surface area contributed by atoms with E-state index >= 15 is 0 Å². The third-order valence-electron chi connectivity index (χ3n) is 4.31. The Morgan fingerprint density at radius 1 is 0.613 bits per heavy atom. The number of aromatic nitrogens is 3. The monoisotopic (exact) mass is 449 g/mol. The van der Waals surface area contributed by atoms with Gasteiger partial charge in [-0.1, -0.05) is 42.5 Å². The maximum Gasteiger partial charge on any atom is 0.326 e. The van der Waals surface area contributed by atoms with Crippen LogP contribution in [0, 0.1) is 0 Å². The molecular weight excluding hydrogens is 437 g/mol. The van der Waals surface area contributed by atoms with Gasteiger partial charge >= 0.3 is 6.01 Å². The molecule has 0 aliphatic rings. The standard InChI is InChI=1S/C23H13Cl2N3O3/c24-19(29)14-6-10-16(11-7-14)21-26-22(17-12-8-15(9-13-17)20(25)30)28-23(27-21)31-18-4-2-1-3-5-18/h1-13H. The van der Waals surface area contributed by atoms with Gasteiger partial charge in [-0.25, -0.2) is 4.98 Å². The minimum atomic E-state index is -0.551. The molecule has 0 bridgehead atoms. The third kappa shape index (κ3) is 4.94. The van der Waals surface area contributed by atoms with E-state index in [4.69, 9.17) is 27.9 Å². The molecule has 0 saturated heterocycles. The predicted octanol–water partition coefficient (Wildman–Crippen LogP) is 5.76. The van der Waals surface area contributed by atoms with Crippen molar-refractivity contribution in [3.8, 4) is 34.5 Å². The fourth-order valence-electron chi connectivity index (χ4n) is 2.75. The second kappa shape index (κ2) is 9.04. The van der Waals surface area contributed by atoms with Crippen molar-refractivity contribution in [3.63, 3.8) is 0 Å². The van der Waals surface area contributed by atoms with Crippen molar-refractivity contribution in [2.24, 2.45) is 0 Å². The zero-order valence-electron chi connectivity index (χ0n) is 15.8. The van der Waals surface area contributed by atoms with Crippen LogP contribution in [0.15, 0.2) is 78.9 Å². The molecule has 3 aromatic carbocycles. The van der Waals surface area contributed by atoms with Crippen molar-refractivity contribution in [1.82, 2.24) is 15.0 Å². The van der Waals surface area contributed by atoms with Crippen LogP contribution in [0.4, 0.5) is 0 Å². The van der Waals surface area contributed by atoms with Crippen molar-refractivity contribution in [1.29, 1.82) is 0 Å². The molecule has 152 valence electrons. The van der Waals surface area contributed by atoms with Crippen LogP contribution in [-0.4, -0.2) is 25.4 Å². The molecule has 1 aromatic heterocycles. The summed E-state index contributed by atoms with van der Waals surface area (Å²) in [4.78, 5) is 36.0. The van der Waals surface area contributed by atoms with Gasteiger partial charge in [0.15, 0.2) is 11.6 Å². The lowest BCUT2D eigenvalue weighted by Crippen LogP contribution is -2.01. The van der Waals surface area contributed by atoms with Gasteiger partial charge in [0.2, 0.25) is 0 Å². The highest BCUT2D eigenvalue weighted by Crippen LogP contribution is 2.26. The highest BCUT2D eigenvalue weighted by Gasteiger charge is 2.13. The maximum absolute atomic E-state index is 11.3. The molecule has 0 aliphatic heterocycles. The number of nitrogens with zero attached hydrogens (tertiary/aromatic N) is 3. The van der Waals surface area contributed by atoms with Crippen molar-refractivity contribution < 1.29 is 14.3 Å². The summed E-state index contributed by atoms with van der Waals surface area (Å²) < 4.78 is 5.81. The van der Waals surface area contributed by atoms with E-state index in [1.807, 2.05) is 18.2 Å². The predicted molar refractivity (Wildman–Crippen MR) is 118 cm³/mol. The van der Waals surface area contributed by atoms with Gasteiger partial charge in [0.1, 0.15) is 5.75 Å². The van der Waals surface area contributed by atoms with Crippen LogP contribution in [-0.2, 0) is 0 Å². The van der Waals surface area contributed by atoms with E-state index in [0.29, 0.717) is 39.7 Å². The first-order valence-electron chi connectivity index (χ1n) is 9.09. The first-order valence-corrected chi connectivity index (χ1v) is 9.85. The van der Waals surface area contributed by atoms with E-state index in [9.17, 15) is 9.59 Å². The van der Waals surface area contributed by atoms with E-state index in [1.54, 1.807) is 60.7 Å². The van der Waals surface area contributed by atoms with E-state index in [0.717, 1.165) is 0 Å². The SMILES string of the molecule is O=C(Cl)c1ccc(-c2nc(Oc3ccccc3)nc(-c3ccc(C(=O)Cl)cc3)n2)cc1. The normalized spacial score (nSPS) is 10.5. The minimum Gasteiger partial charge on any atom is -0.424 e. The summed E-state index contributed by atoms with van der Waals surface area (Å²) in [5, 5.41) is -1.10. The maximum atomic E-state index is 11.3. The molecular formula is C23H13Cl2N3O3. The molecule has 0 radical (unpaired) electrons. The summed E-state index contributed by atoms with van der Waals surface area (Å²) in [5.41, 5.74) is 2.02. The lowest BCUT2D eigenvalue weighted by atomic mass is 10.1. The van der Waals surface area contributed by atoms with Crippen LogP contribution in [0.3, 0.4) is 0 Å². The largest absolute Gasteiger partial charge is 0.424 e. The van der Waals surface area contributed by atoms with Crippen LogP contribution in [0.1, 0.15) is 20.7 Å². The zero-order chi connectivity index (χ0) is 21.8. The number of hydrogen-bond donors (Lipinski definition) is 0. The minimum absolute atomic E-state index is 0.0983. The smallest absolute Gasteiger partial charge is 0.326 e. The summed E-state index contributed by atoms with van der Waals surface area (Å²) in [6.07, 6.45) is 0. The van der Waals surface area contributed by atoms with Crippen molar-refractivity contribution in [2.75, 3.05) is 0 Å². The van der Waals surface area contributed by atoms with Crippen molar-refractivity contribution in [3.05, 3.63) is 90.0 Å². The Morgan fingerprint density at radius 2 is 1.06 bits per heavy atom. The van der Waals surface area contributed by atoms with Crippen LogP contribution in [0.25, 0.3) is 22.8 Å². The molecule has 1 heterocycles. The number of benzene rings is 3. The molecule has 0 atom stereocenters. The number of hydrogen-bond acceptors (Lipinski definition) is 6. The van der Waals surface area contributed by atoms with Crippen molar-refractivity contribution >= 4 is 33.7 Å². The first-order chi connectivity index (χ1) is 15.0. The second-order valence-electron chi connectivity index (χ2n) is 6.38. The molecule has 31 heavy (non-hydrogen) atoms. The van der Waals surface area contributed by atoms with Gasteiger partial charge in [0.25, 0.3) is 10.5 Å². The molecule has 6 nitrogen and oxygen atoms in total. The molecule has 0 fully saturated rings. The van der Waals surface area contributed by atoms with Gasteiger partial charge in [0, 0.05) is 22.3 Å². The fourth-order valence-corrected chi connectivity index (χ4v) is 3.01. The topological polar surface area (TPSA) is 82.0 Å². The summed E-state index contributed by atoms with van der Waals surface area (Å²) >= 11 is 11.0. The summed E-state index contributed by atoms with van der Waals surface area (Å²) in [6.45, 7) is 0. The van der Waals surface area contributed by atoms with Crippen molar-refractivity contribution in [2.45, 2.75) is 0 Å². The summed E-state index contributed by atoms with van der Waals surface area (Å²) in [7, 11) is 0. The Bertz CT molecular complexity index is 1170. The van der Waals surface area contributed by atoms with Gasteiger partial charge in [-0.2, -0.15) is 9.97 Å². The molecule has 8 heteroatoms. The lowest BCUT2D eigenvalue weighted by molar-refractivity contribution is 0.107. The highest BCUT2D eigenvalue weighted by molar-refractivity contribution is 6.68. The molecule has 4 rings (SSSR count). The Hall–Kier alpha value is -3.61.